The third kappa shape index (κ3) is 1.90. The van der Waals surface area contributed by atoms with Crippen LogP contribution in [0.25, 0.3) is 0 Å². The minimum atomic E-state index is -4.19. The van der Waals surface area contributed by atoms with Crippen molar-refractivity contribution in [3.8, 4) is 0 Å². The fourth-order valence-electron chi connectivity index (χ4n) is 0.129. The second-order valence-electron chi connectivity index (χ2n) is 1.83. The van der Waals surface area contributed by atoms with Gasteiger partial charge in [0.15, 0.2) is 4.99 Å². The molecular weight excluding hydrogens is 144 g/mol. The lowest BCUT2D eigenvalue weighted by Gasteiger charge is -2.18. The number of rotatable bonds is 2. The van der Waals surface area contributed by atoms with Crippen LogP contribution in [0.4, 0.5) is 0 Å². The lowest BCUT2D eigenvalue weighted by atomic mass is 10.6. The molecule has 56 valence electrons. The van der Waals surface area contributed by atoms with E-state index in [1.807, 2.05) is 0 Å². The minimum Gasteiger partial charge on any atom is -0.299 e. The van der Waals surface area contributed by atoms with Crippen LogP contribution in [0.1, 0.15) is 6.92 Å². The summed E-state index contributed by atoms with van der Waals surface area (Å²) >= 11 is 0. The molecule has 0 aromatic heterocycles. The van der Waals surface area contributed by atoms with Gasteiger partial charge in [0.2, 0.25) is 0 Å². The van der Waals surface area contributed by atoms with Crippen LogP contribution < -0.4 is 11.1 Å². The summed E-state index contributed by atoms with van der Waals surface area (Å²) in [7, 11) is -2.84. The van der Waals surface area contributed by atoms with E-state index in [0.717, 1.165) is 6.92 Å². The van der Waals surface area contributed by atoms with E-state index in [9.17, 15) is 8.42 Å². The molecule has 4 N–H and O–H groups in total. The number of hydrogen-bond donors (Lipinski definition) is 3. The van der Waals surface area contributed by atoms with Crippen LogP contribution >= 0.6 is 0 Å². The predicted molar refractivity (Wildman–Crippen MR) is 33.2 cm³/mol. The van der Waals surface area contributed by atoms with Crippen LogP contribution in [-0.2, 0) is 10.1 Å². The average molecular weight is 154 g/mol. The van der Waals surface area contributed by atoms with Gasteiger partial charge in [-0.25, -0.2) is 0 Å². The van der Waals surface area contributed by atoms with Crippen molar-refractivity contribution in [3.05, 3.63) is 0 Å². The van der Waals surface area contributed by atoms with Gasteiger partial charge in [0.1, 0.15) is 0 Å². The molecule has 0 radical (unpaired) electrons. The zero-order chi connectivity index (χ0) is 7.71. The van der Waals surface area contributed by atoms with Gasteiger partial charge in [-0.15, -0.1) is 0 Å². The van der Waals surface area contributed by atoms with E-state index in [0.29, 0.717) is 0 Å². The molecule has 0 aliphatic heterocycles. The highest BCUT2D eigenvalue weighted by molar-refractivity contribution is 7.87. The summed E-state index contributed by atoms with van der Waals surface area (Å²) in [5, 5.41) is 2.22. The maximum atomic E-state index is 10.3. The summed E-state index contributed by atoms with van der Waals surface area (Å²) in [5.74, 6) is 0. The molecule has 9 heavy (non-hydrogen) atoms. The first-order valence-corrected chi connectivity index (χ1v) is 3.70. The molecule has 6 heteroatoms. The first-order valence-electron chi connectivity index (χ1n) is 2.26. The van der Waals surface area contributed by atoms with Crippen molar-refractivity contribution in [3.63, 3.8) is 0 Å². The van der Waals surface area contributed by atoms with E-state index in [1.165, 1.54) is 7.05 Å². The molecule has 0 aliphatic carbocycles. The molecule has 0 saturated carbocycles. The van der Waals surface area contributed by atoms with Crippen LogP contribution in [0.3, 0.4) is 0 Å². The predicted octanol–water partition coefficient (Wildman–Crippen LogP) is -1.27. The zero-order valence-corrected chi connectivity index (χ0v) is 6.07. The van der Waals surface area contributed by atoms with Crippen LogP contribution in [0, 0.1) is 0 Å². The molecule has 1 unspecified atom stereocenters. The lowest BCUT2D eigenvalue weighted by Crippen LogP contribution is -2.55. The molecule has 0 aromatic rings. The number of nitrogens with one attached hydrogen (secondary N) is 1. The van der Waals surface area contributed by atoms with Crippen molar-refractivity contribution in [1.82, 2.24) is 5.32 Å². The fraction of sp³-hybridized carbons (Fsp3) is 1.00. The Hall–Kier alpha value is -0.170. The van der Waals surface area contributed by atoms with Crippen molar-refractivity contribution in [2.24, 2.45) is 5.73 Å². The maximum absolute atomic E-state index is 10.3. The zero-order valence-electron chi connectivity index (χ0n) is 5.25. The van der Waals surface area contributed by atoms with Gasteiger partial charge in [-0.2, -0.15) is 8.42 Å². The lowest BCUT2D eigenvalue weighted by molar-refractivity contribution is 0.412. The van der Waals surface area contributed by atoms with Gasteiger partial charge < -0.3 is 0 Å². The highest BCUT2D eigenvalue weighted by Gasteiger charge is 2.30. The molecule has 1 atom stereocenters. The highest BCUT2D eigenvalue weighted by Crippen LogP contribution is 2.00. The van der Waals surface area contributed by atoms with E-state index in [2.05, 4.69) is 5.32 Å². The van der Waals surface area contributed by atoms with E-state index < -0.39 is 15.1 Å². The summed E-state index contributed by atoms with van der Waals surface area (Å²) < 4.78 is 28.8. The Balaban J connectivity index is 4.56. The second-order valence-corrected chi connectivity index (χ2v) is 3.63. The summed E-state index contributed by atoms with van der Waals surface area (Å²) in [4.78, 5) is -1.74. The van der Waals surface area contributed by atoms with E-state index in [-0.39, 0.29) is 0 Å². The van der Waals surface area contributed by atoms with Crippen molar-refractivity contribution < 1.29 is 13.0 Å². The minimum absolute atomic E-state index is 1.16. The quantitative estimate of drug-likeness (QED) is 0.340. The molecule has 0 amide bonds. The number of nitrogens with two attached hydrogens (primary N) is 1. The smallest absolute Gasteiger partial charge is 0.297 e. The SMILES string of the molecule is CNC(C)(N)S(=O)(=O)O. The first-order chi connectivity index (χ1) is 3.81. The molecule has 0 aromatic carbocycles. The maximum Gasteiger partial charge on any atom is 0.297 e. The Bertz CT molecular complexity index is 183. The van der Waals surface area contributed by atoms with Crippen molar-refractivity contribution in [1.29, 1.82) is 0 Å². The average Bonchev–Trinajstić information content (AvgIpc) is 1.64. The monoisotopic (exact) mass is 154 g/mol. The van der Waals surface area contributed by atoms with Gasteiger partial charge in [0.05, 0.1) is 0 Å². The van der Waals surface area contributed by atoms with E-state index in [4.69, 9.17) is 10.3 Å². The fourth-order valence-corrected chi connectivity index (χ4v) is 0.387. The van der Waals surface area contributed by atoms with Gasteiger partial charge in [0, 0.05) is 0 Å². The summed E-state index contributed by atoms with van der Waals surface area (Å²) in [6.07, 6.45) is 0. The molecule has 0 fully saturated rings. The van der Waals surface area contributed by atoms with Gasteiger partial charge in [-0.05, 0) is 14.0 Å². The number of hydrogen-bond acceptors (Lipinski definition) is 4. The van der Waals surface area contributed by atoms with Crippen molar-refractivity contribution in [2.75, 3.05) is 7.05 Å². The van der Waals surface area contributed by atoms with Crippen molar-refractivity contribution >= 4 is 10.1 Å². The Morgan fingerprint density at radius 1 is 1.67 bits per heavy atom. The summed E-state index contributed by atoms with van der Waals surface area (Å²) in [6.45, 7) is 1.16. The van der Waals surface area contributed by atoms with Crippen LogP contribution in [0.2, 0.25) is 0 Å². The van der Waals surface area contributed by atoms with Gasteiger partial charge in [0.25, 0.3) is 10.1 Å². The Kier molecular flexibility index (Phi) is 2.18. The Labute approximate surface area is 54.0 Å². The van der Waals surface area contributed by atoms with Crippen LogP contribution in [-0.4, -0.2) is 25.0 Å². The highest BCUT2D eigenvalue weighted by atomic mass is 32.2. The second kappa shape index (κ2) is 2.22. The van der Waals surface area contributed by atoms with Gasteiger partial charge in [-0.1, -0.05) is 0 Å². The van der Waals surface area contributed by atoms with Gasteiger partial charge >= 0.3 is 0 Å². The molecular formula is C3H10N2O3S. The molecule has 0 spiro atoms. The summed E-state index contributed by atoms with van der Waals surface area (Å²) in [6, 6.07) is 0. The topological polar surface area (TPSA) is 92.4 Å². The normalized spacial score (nSPS) is 19.1. The van der Waals surface area contributed by atoms with E-state index >= 15 is 0 Å². The third-order valence-electron chi connectivity index (χ3n) is 1.03. The molecule has 0 bridgehead atoms. The Morgan fingerprint density at radius 3 is 2.00 bits per heavy atom. The molecule has 0 rings (SSSR count). The molecule has 5 nitrogen and oxygen atoms in total. The molecule has 0 heterocycles. The van der Waals surface area contributed by atoms with Crippen molar-refractivity contribution in [2.45, 2.75) is 11.9 Å². The molecule has 0 saturated heterocycles. The Morgan fingerprint density at radius 2 is 2.00 bits per heavy atom. The largest absolute Gasteiger partial charge is 0.299 e. The first kappa shape index (κ1) is 8.83. The standard InChI is InChI=1S/C3H10N2O3S/c1-3(4,5-2)9(6,7)8/h5H,4H2,1-2H3,(H,6,7,8). The van der Waals surface area contributed by atoms with Gasteiger partial charge in [-0.3, -0.25) is 15.6 Å². The van der Waals surface area contributed by atoms with Crippen LogP contribution in [0.15, 0.2) is 0 Å². The molecule has 0 aliphatic rings. The third-order valence-corrected chi connectivity index (χ3v) is 2.31. The van der Waals surface area contributed by atoms with E-state index in [1.54, 1.807) is 0 Å². The summed E-state index contributed by atoms with van der Waals surface area (Å²) in [5.41, 5.74) is 5.04. The van der Waals surface area contributed by atoms with Crippen LogP contribution in [0.5, 0.6) is 0 Å².